The van der Waals surface area contributed by atoms with E-state index >= 15 is 0 Å². The molecular formula is C20H19FN2O4. The summed E-state index contributed by atoms with van der Waals surface area (Å²) in [4.78, 5) is 16.5. The largest absolute Gasteiger partial charge is 0.485 e. The number of rotatable bonds is 7. The molecule has 0 aliphatic carbocycles. The van der Waals surface area contributed by atoms with E-state index in [-0.39, 0.29) is 24.9 Å². The molecule has 1 aromatic heterocycles. The van der Waals surface area contributed by atoms with Gasteiger partial charge in [-0.25, -0.2) is 4.39 Å². The number of aromatic nitrogens is 2. The number of benzene rings is 2. The number of nitrogens with zero attached hydrogens (tertiary/aromatic N) is 2. The number of hydrogen-bond acceptors (Lipinski definition) is 6. The van der Waals surface area contributed by atoms with Crippen molar-refractivity contribution in [3.63, 3.8) is 0 Å². The molecule has 0 saturated carbocycles. The zero-order valence-electron chi connectivity index (χ0n) is 15.0. The molecule has 140 valence electrons. The topological polar surface area (TPSA) is 74.5 Å². The van der Waals surface area contributed by atoms with Crippen LogP contribution in [0.15, 0.2) is 59.1 Å². The Bertz CT molecular complexity index is 892. The van der Waals surface area contributed by atoms with Gasteiger partial charge in [0, 0.05) is 0 Å². The van der Waals surface area contributed by atoms with Crippen LogP contribution in [0, 0.1) is 5.82 Å². The molecule has 0 bridgehead atoms. The number of ether oxygens (including phenoxy) is 2. The summed E-state index contributed by atoms with van der Waals surface area (Å²) < 4.78 is 28.7. The van der Waals surface area contributed by atoms with Crippen molar-refractivity contribution in [2.75, 3.05) is 0 Å². The van der Waals surface area contributed by atoms with Gasteiger partial charge in [-0.05, 0) is 43.7 Å². The summed E-state index contributed by atoms with van der Waals surface area (Å²) in [5.74, 6) is 0.219. The highest BCUT2D eigenvalue weighted by Gasteiger charge is 2.31. The Morgan fingerprint density at radius 2 is 1.78 bits per heavy atom. The van der Waals surface area contributed by atoms with Gasteiger partial charge >= 0.3 is 5.97 Å². The van der Waals surface area contributed by atoms with Crippen LogP contribution in [0.4, 0.5) is 4.39 Å². The molecule has 7 heteroatoms. The Balaban J connectivity index is 1.53. The van der Waals surface area contributed by atoms with Crippen molar-refractivity contribution in [1.29, 1.82) is 0 Å². The summed E-state index contributed by atoms with van der Waals surface area (Å²) in [6.07, 6.45) is 0. The normalized spacial score (nSPS) is 11.2. The molecule has 27 heavy (non-hydrogen) atoms. The van der Waals surface area contributed by atoms with Crippen LogP contribution in [-0.4, -0.2) is 16.1 Å². The molecule has 3 rings (SSSR count). The van der Waals surface area contributed by atoms with Crippen molar-refractivity contribution < 1.29 is 23.2 Å². The van der Waals surface area contributed by atoms with Crippen molar-refractivity contribution in [3.8, 4) is 5.75 Å². The minimum Gasteiger partial charge on any atom is -0.485 e. The van der Waals surface area contributed by atoms with Crippen molar-refractivity contribution in [1.82, 2.24) is 10.1 Å². The Hall–Kier alpha value is -3.22. The molecule has 0 spiro atoms. The first-order valence-electron chi connectivity index (χ1n) is 8.38. The second-order valence-corrected chi connectivity index (χ2v) is 6.41. The maximum Gasteiger partial charge on any atom is 0.316 e. The average Bonchev–Trinajstić information content (AvgIpc) is 3.14. The lowest BCUT2D eigenvalue weighted by atomic mass is 9.85. The minimum atomic E-state index is -0.796. The van der Waals surface area contributed by atoms with Gasteiger partial charge in [-0.3, -0.25) is 4.79 Å². The summed E-state index contributed by atoms with van der Waals surface area (Å²) >= 11 is 0. The molecular weight excluding hydrogens is 351 g/mol. The van der Waals surface area contributed by atoms with Gasteiger partial charge in [-0.1, -0.05) is 35.5 Å². The quantitative estimate of drug-likeness (QED) is 0.589. The van der Waals surface area contributed by atoms with E-state index in [1.54, 1.807) is 13.8 Å². The molecule has 3 aromatic rings. The zero-order chi connectivity index (χ0) is 19.3. The first-order valence-corrected chi connectivity index (χ1v) is 8.38. The Morgan fingerprint density at radius 3 is 2.48 bits per heavy atom. The monoisotopic (exact) mass is 370 g/mol. The smallest absolute Gasteiger partial charge is 0.316 e. The summed E-state index contributed by atoms with van der Waals surface area (Å²) in [6, 6.07) is 15.0. The van der Waals surface area contributed by atoms with Crippen LogP contribution >= 0.6 is 0 Å². The molecule has 0 radical (unpaired) electrons. The predicted molar refractivity (Wildman–Crippen MR) is 94.3 cm³/mol. The number of esters is 1. The fourth-order valence-corrected chi connectivity index (χ4v) is 2.37. The van der Waals surface area contributed by atoms with E-state index in [1.807, 2.05) is 30.3 Å². The van der Waals surface area contributed by atoms with E-state index in [2.05, 4.69) is 10.1 Å². The Morgan fingerprint density at radius 1 is 1.07 bits per heavy atom. The highest BCUT2D eigenvalue weighted by atomic mass is 19.1. The lowest BCUT2D eigenvalue weighted by molar-refractivity contribution is -0.151. The fourth-order valence-electron chi connectivity index (χ4n) is 2.37. The molecule has 1 heterocycles. The summed E-state index contributed by atoms with van der Waals surface area (Å²) in [5, 5.41) is 3.77. The van der Waals surface area contributed by atoms with E-state index in [9.17, 15) is 9.18 Å². The van der Waals surface area contributed by atoms with Gasteiger partial charge in [0.15, 0.2) is 13.2 Å². The van der Waals surface area contributed by atoms with Crippen molar-refractivity contribution >= 4 is 5.97 Å². The maximum atomic E-state index is 12.9. The van der Waals surface area contributed by atoms with Crippen LogP contribution in [0.3, 0.4) is 0 Å². The average molecular weight is 370 g/mol. The molecule has 2 aromatic carbocycles. The van der Waals surface area contributed by atoms with Gasteiger partial charge in [0.2, 0.25) is 5.82 Å². The molecule has 0 aliphatic heterocycles. The molecule has 0 aliphatic rings. The van der Waals surface area contributed by atoms with Crippen molar-refractivity contribution in [3.05, 3.63) is 77.7 Å². The molecule has 0 fully saturated rings. The number of hydrogen-bond donors (Lipinski definition) is 0. The molecule has 0 N–H and O–H groups in total. The van der Waals surface area contributed by atoms with E-state index in [0.717, 1.165) is 5.56 Å². The second kappa shape index (κ2) is 7.99. The highest BCUT2D eigenvalue weighted by Crippen LogP contribution is 2.24. The SMILES string of the molecule is CC(C)(C(=O)OCc1nc(COc2ccc(F)cc2)no1)c1ccccc1. The highest BCUT2D eigenvalue weighted by molar-refractivity contribution is 5.82. The van der Waals surface area contributed by atoms with Crippen LogP contribution < -0.4 is 4.74 Å². The van der Waals surface area contributed by atoms with Crippen molar-refractivity contribution in [2.24, 2.45) is 0 Å². The van der Waals surface area contributed by atoms with Crippen molar-refractivity contribution in [2.45, 2.75) is 32.5 Å². The van der Waals surface area contributed by atoms with Gasteiger partial charge < -0.3 is 14.0 Å². The minimum absolute atomic E-state index is 0.0542. The molecule has 6 nitrogen and oxygen atoms in total. The van der Waals surface area contributed by atoms with Gasteiger partial charge in [0.05, 0.1) is 5.41 Å². The number of carbonyl (C=O) groups excluding carboxylic acids is 1. The van der Waals surface area contributed by atoms with E-state index in [1.165, 1.54) is 24.3 Å². The number of carbonyl (C=O) groups is 1. The third-order valence-electron chi connectivity index (χ3n) is 4.02. The van der Waals surface area contributed by atoms with Crippen LogP contribution in [0.1, 0.15) is 31.1 Å². The van der Waals surface area contributed by atoms with Gasteiger partial charge in [-0.15, -0.1) is 0 Å². The van der Waals surface area contributed by atoms with Crippen LogP contribution in [0.5, 0.6) is 5.75 Å². The van der Waals surface area contributed by atoms with E-state index in [0.29, 0.717) is 11.6 Å². The summed E-state index contributed by atoms with van der Waals surface area (Å²) in [5.41, 5.74) is 0.0597. The first-order chi connectivity index (χ1) is 12.9. The fraction of sp³-hybridized carbons (Fsp3) is 0.250. The maximum absolute atomic E-state index is 12.9. The van der Waals surface area contributed by atoms with Crippen LogP contribution in [0.25, 0.3) is 0 Å². The van der Waals surface area contributed by atoms with Gasteiger partial charge in [0.25, 0.3) is 5.89 Å². The van der Waals surface area contributed by atoms with E-state index in [4.69, 9.17) is 14.0 Å². The molecule has 0 atom stereocenters. The summed E-state index contributed by atoms with van der Waals surface area (Å²) in [6.45, 7) is 3.51. The zero-order valence-corrected chi connectivity index (χ0v) is 15.0. The van der Waals surface area contributed by atoms with Gasteiger partial charge in [0.1, 0.15) is 11.6 Å². The van der Waals surface area contributed by atoms with E-state index < -0.39 is 11.4 Å². The predicted octanol–water partition coefficient (Wildman–Crippen LogP) is 3.81. The third-order valence-corrected chi connectivity index (χ3v) is 4.02. The third kappa shape index (κ3) is 4.69. The van der Waals surface area contributed by atoms with Crippen LogP contribution in [-0.2, 0) is 28.2 Å². The second-order valence-electron chi connectivity index (χ2n) is 6.41. The number of halogens is 1. The standard InChI is InChI=1S/C20H19FN2O4/c1-20(2,14-6-4-3-5-7-14)19(24)26-13-18-22-17(23-27-18)12-25-16-10-8-15(21)9-11-16/h3-11H,12-13H2,1-2H3. The molecule has 0 saturated heterocycles. The lowest BCUT2D eigenvalue weighted by Crippen LogP contribution is -2.31. The van der Waals surface area contributed by atoms with Crippen LogP contribution in [0.2, 0.25) is 0 Å². The lowest BCUT2D eigenvalue weighted by Gasteiger charge is -2.22. The Kier molecular flexibility index (Phi) is 5.49. The summed E-state index contributed by atoms with van der Waals surface area (Å²) in [7, 11) is 0. The Labute approximate surface area is 155 Å². The first kappa shape index (κ1) is 18.6. The molecule has 0 amide bonds. The van der Waals surface area contributed by atoms with Gasteiger partial charge in [-0.2, -0.15) is 4.98 Å². The molecule has 0 unspecified atom stereocenters.